The number of halogens is 3. The fourth-order valence-electron chi connectivity index (χ4n) is 0.788. The van der Waals surface area contributed by atoms with Gasteiger partial charge in [-0.15, -0.1) is 0 Å². The van der Waals surface area contributed by atoms with Gasteiger partial charge in [0.15, 0.2) is 0 Å². The third kappa shape index (κ3) is 4.25. The van der Waals surface area contributed by atoms with Gasteiger partial charge in [-0.1, -0.05) is 0 Å². The summed E-state index contributed by atoms with van der Waals surface area (Å²) in [5.41, 5.74) is -5.28. The Balaban J connectivity index is 4.24. The van der Waals surface area contributed by atoms with E-state index in [1.165, 1.54) is 11.6 Å². The second kappa shape index (κ2) is 4.94. The summed E-state index contributed by atoms with van der Waals surface area (Å²) in [5.74, 6) is 0. The number of aliphatic hydroxyl groups excluding tert-OH is 1. The average molecular weight is 235 g/mol. The molecule has 86 valence electrons. The maximum atomic E-state index is 11.8. The zero-order chi connectivity index (χ0) is 11.4. The van der Waals surface area contributed by atoms with Crippen molar-refractivity contribution >= 4 is 10.0 Å². The van der Waals surface area contributed by atoms with E-state index in [1.54, 1.807) is 0 Å². The van der Waals surface area contributed by atoms with Gasteiger partial charge >= 0.3 is 15.5 Å². The highest BCUT2D eigenvalue weighted by Crippen LogP contribution is 2.22. The summed E-state index contributed by atoms with van der Waals surface area (Å²) in [7, 11) is -5.26. The summed E-state index contributed by atoms with van der Waals surface area (Å²) in [6.45, 7) is 1.12. The van der Waals surface area contributed by atoms with Crippen LogP contribution in [0.2, 0.25) is 0 Å². The van der Waals surface area contributed by atoms with Gasteiger partial charge in [-0.3, -0.25) is 0 Å². The molecule has 0 amide bonds. The third-order valence-electron chi connectivity index (χ3n) is 1.46. The molecular weight excluding hydrogens is 223 g/mol. The summed E-state index contributed by atoms with van der Waals surface area (Å²) < 4.78 is 58.0. The molecule has 0 fully saturated rings. The van der Waals surface area contributed by atoms with Crippen LogP contribution in [0, 0.1) is 0 Å². The highest BCUT2D eigenvalue weighted by Gasteiger charge is 2.46. The molecule has 8 heteroatoms. The molecule has 0 aliphatic rings. The second-order valence-corrected chi connectivity index (χ2v) is 4.54. The molecule has 0 heterocycles. The van der Waals surface area contributed by atoms with Crippen LogP contribution in [0.1, 0.15) is 19.8 Å². The van der Waals surface area contributed by atoms with Gasteiger partial charge < -0.3 is 5.11 Å². The molecule has 1 atom stereocenters. The van der Waals surface area contributed by atoms with Crippen molar-refractivity contribution in [1.82, 2.24) is 4.72 Å². The maximum absolute atomic E-state index is 11.8. The minimum absolute atomic E-state index is 0.159. The van der Waals surface area contributed by atoms with Gasteiger partial charge in [0.1, 0.15) is 0 Å². The van der Waals surface area contributed by atoms with Crippen molar-refractivity contribution in [3.63, 3.8) is 0 Å². The van der Waals surface area contributed by atoms with E-state index in [0.29, 0.717) is 0 Å². The molecule has 4 nitrogen and oxygen atoms in total. The molecule has 0 rings (SSSR count). The van der Waals surface area contributed by atoms with Crippen molar-refractivity contribution in [3.05, 3.63) is 0 Å². The van der Waals surface area contributed by atoms with Crippen molar-refractivity contribution in [1.29, 1.82) is 0 Å². The fourth-order valence-corrected chi connectivity index (χ4v) is 1.57. The van der Waals surface area contributed by atoms with Crippen LogP contribution in [0.25, 0.3) is 0 Å². The maximum Gasteiger partial charge on any atom is 0.511 e. The Morgan fingerprint density at radius 2 is 1.93 bits per heavy atom. The summed E-state index contributed by atoms with van der Waals surface area (Å²) in [6, 6.07) is -0.839. The minimum atomic E-state index is -5.28. The third-order valence-corrected chi connectivity index (χ3v) is 2.78. The van der Waals surface area contributed by atoms with E-state index in [9.17, 15) is 21.6 Å². The lowest BCUT2D eigenvalue weighted by Gasteiger charge is -2.14. The van der Waals surface area contributed by atoms with Crippen LogP contribution in [-0.2, 0) is 10.0 Å². The number of rotatable bonds is 5. The standard InChI is InChI=1S/C6H12F3NO3S/c1-5(3-2-4-11)10-14(12,13)6(7,8)9/h5,10-11H,2-4H2,1H3. The van der Waals surface area contributed by atoms with Gasteiger partial charge in [0, 0.05) is 12.6 Å². The first kappa shape index (κ1) is 13.7. The molecule has 14 heavy (non-hydrogen) atoms. The summed E-state index contributed by atoms with van der Waals surface area (Å²) in [5, 5.41) is 8.37. The van der Waals surface area contributed by atoms with Crippen LogP contribution in [0.5, 0.6) is 0 Å². The molecule has 0 radical (unpaired) electrons. The van der Waals surface area contributed by atoms with Crippen LogP contribution in [0.15, 0.2) is 0 Å². The molecule has 0 aromatic heterocycles. The monoisotopic (exact) mass is 235 g/mol. The Hall–Kier alpha value is -0.340. The van der Waals surface area contributed by atoms with E-state index >= 15 is 0 Å². The van der Waals surface area contributed by atoms with Crippen LogP contribution >= 0.6 is 0 Å². The summed E-state index contributed by atoms with van der Waals surface area (Å²) in [6.07, 6.45) is 0.410. The first-order valence-corrected chi connectivity index (χ1v) is 5.38. The van der Waals surface area contributed by atoms with Gasteiger partial charge in [0.2, 0.25) is 0 Å². The Bertz CT molecular complexity index is 262. The van der Waals surface area contributed by atoms with Crippen LogP contribution < -0.4 is 4.72 Å². The van der Waals surface area contributed by atoms with Gasteiger partial charge in [-0.25, -0.2) is 13.1 Å². The van der Waals surface area contributed by atoms with Crippen LogP contribution in [0.4, 0.5) is 13.2 Å². The van der Waals surface area contributed by atoms with Gasteiger partial charge in [0.05, 0.1) is 0 Å². The lowest BCUT2D eigenvalue weighted by Crippen LogP contribution is -2.41. The molecule has 0 aromatic rings. The molecular formula is C6H12F3NO3S. The minimum Gasteiger partial charge on any atom is -0.396 e. The molecule has 1 unspecified atom stereocenters. The lowest BCUT2D eigenvalue weighted by molar-refractivity contribution is -0.0450. The van der Waals surface area contributed by atoms with Crippen LogP contribution in [0.3, 0.4) is 0 Å². The summed E-state index contributed by atoms with van der Waals surface area (Å²) >= 11 is 0. The molecule has 0 aliphatic carbocycles. The van der Waals surface area contributed by atoms with E-state index in [0.717, 1.165) is 0 Å². The van der Waals surface area contributed by atoms with Crippen LogP contribution in [-0.4, -0.2) is 31.7 Å². The van der Waals surface area contributed by atoms with Crippen molar-refractivity contribution in [2.24, 2.45) is 0 Å². The molecule has 0 aromatic carbocycles. The predicted octanol–water partition coefficient (Wildman–Crippen LogP) is 0.587. The Kier molecular flexibility index (Phi) is 4.82. The van der Waals surface area contributed by atoms with Gasteiger partial charge in [-0.05, 0) is 19.8 Å². The number of alkyl halides is 3. The first-order valence-electron chi connectivity index (χ1n) is 3.90. The average Bonchev–Trinajstić information content (AvgIpc) is 1.97. The molecule has 0 saturated carbocycles. The zero-order valence-corrected chi connectivity index (χ0v) is 8.32. The number of nitrogens with one attached hydrogen (secondary N) is 1. The Labute approximate surface area is 80.2 Å². The zero-order valence-electron chi connectivity index (χ0n) is 7.50. The fraction of sp³-hybridized carbons (Fsp3) is 1.00. The molecule has 2 N–H and O–H groups in total. The predicted molar refractivity (Wildman–Crippen MR) is 43.9 cm³/mol. The van der Waals surface area contributed by atoms with Crippen molar-refractivity contribution in [2.45, 2.75) is 31.3 Å². The number of hydrogen-bond donors (Lipinski definition) is 2. The summed E-state index contributed by atoms with van der Waals surface area (Å²) in [4.78, 5) is 0. The van der Waals surface area contributed by atoms with Gasteiger partial charge in [0.25, 0.3) is 0 Å². The molecule has 0 aliphatic heterocycles. The van der Waals surface area contributed by atoms with E-state index in [2.05, 4.69) is 0 Å². The topological polar surface area (TPSA) is 66.4 Å². The molecule has 0 spiro atoms. The second-order valence-electron chi connectivity index (χ2n) is 2.83. The van der Waals surface area contributed by atoms with Gasteiger partial charge in [-0.2, -0.15) is 13.2 Å². The molecule has 0 bridgehead atoms. The Morgan fingerprint density at radius 3 is 2.29 bits per heavy atom. The first-order chi connectivity index (χ1) is 6.20. The quantitative estimate of drug-likeness (QED) is 0.732. The van der Waals surface area contributed by atoms with Crippen molar-refractivity contribution in [2.75, 3.05) is 6.61 Å². The largest absolute Gasteiger partial charge is 0.511 e. The highest BCUT2D eigenvalue weighted by molar-refractivity contribution is 7.90. The Morgan fingerprint density at radius 1 is 1.43 bits per heavy atom. The van der Waals surface area contributed by atoms with Crippen molar-refractivity contribution in [3.8, 4) is 0 Å². The lowest BCUT2D eigenvalue weighted by atomic mass is 10.2. The number of aliphatic hydroxyl groups is 1. The number of sulfonamides is 1. The number of hydrogen-bond acceptors (Lipinski definition) is 3. The van der Waals surface area contributed by atoms with Crippen molar-refractivity contribution < 1.29 is 26.7 Å². The highest BCUT2D eigenvalue weighted by atomic mass is 32.2. The smallest absolute Gasteiger partial charge is 0.396 e. The molecule has 0 saturated heterocycles. The SMILES string of the molecule is CC(CCCO)NS(=O)(=O)C(F)(F)F. The van der Waals surface area contributed by atoms with E-state index in [1.807, 2.05) is 0 Å². The van der Waals surface area contributed by atoms with E-state index in [4.69, 9.17) is 5.11 Å². The normalized spacial score (nSPS) is 15.5. The van der Waals surface area contributed by atoms with E-state index < -0.39 is 21.6 Å². The van der Waals surface area contributed by atoms with E-state index in [-0.39, 0.29) is 19.4 Å².